The Morgan fingerprint density at radius 1 is 1.13 bits per heavy atom. The van der Waals surface area contributed by atoms with Gasteiger partial charge >= 0.3 is 13.2 Å². The first-order valence-electron chi connectivity index (χ1n) is 13.0. The van der Waals surface area contributed by atoms with Gasteiger partial charge in [-0.2, -0.15) is 0 Å². The first kappa shape index (κ1) is 30.3. The average molecular weight is 553 g/mol. The van der Waals surface area contributed by atoms with Gasteiger partial charge < -0.3 is 24.3 Å². The minimum Gasteiger partial charge on any atom is -0.444 e. The van der Waals surface area contributed by atoms with Crippen molar-refractivity contribution in [1.29, 1.82) is 0 Å². The summed E-state index contributed by atoms with van der Waals surface area (Å²) < 4.78 is 44.1. The van der Waals surface area contributed by atoms with E-state index in [0.29, 0.717) is 24.8 Å². The fourth-order valence-electron chi connectivity index (χ4n) is 4.26. The number of hydrogen-bond acceptors (Lipinski definition) is 9. The van der Waals surface area contributed by atoms with E-state index in [1.165, 1.54) is 17.3 Å². The number of amides is 2. The standard InChI is InChI=1S/C25H41BN4O7S/c1-16(2)19(29-22(32)35-23(3,4)5)20(31)30-12-10-11-18(15-30)38(33,34)21-27-13-17(14-28-21)26-36-24(6,7)25(8,9)37-26/h13-14,16,18-19H,10-12,15H2,1-9H3,(H,29,32). The summed E-state index contributed by atoms with van der Waals surface area (Å²) >= 11 is 0. The van der Waals surface area contributed by atoms with E-state index in [2.05, 4.69) is 15.3 Å². The van der Waals surface area contributed by atoms with E-state index in [1.807, 2.05) is 41.5 Å². The molecule has 1 aromatic heterocycles. The van der Waals surface area contributed by atoms with E-state index in [9.17, 15) is 18.0 Å². The van der Waals surface area contributed by atoms with Crippen molar-refractivity contribution < 1.29 is 32.1 Å². The van der Waals surface area contributed by atoms with Gasteiger partial charge in [0.1, 0.15) is 11.6 Å². The van der Waals surface area contributed by atoms with E-state index in [0.717, 1.165) is 0 Å². The van der Waals surface area contributed by atoms with Gasteiger partial charge in [0, 0.05) is 30.9 Å². The molecule has 2 fully saturated rings. The number of nitrogens with one attached hydrogen (secondary N) is 1. The van der Waals surface area contributed by atoms with E-state index in [1.54, 1.807) is 20.8 Å². The van der Waals surface area contributed by atoms with E-state index < -0.39 is 51.1 Å². The molecule has 13 heteroatoms. The second-order valence-corrected chi connectivity index (χ2v) is 14.5. The third-order valence-corrected chi connectivity index (χ3v) is 9.14. The van der Waals surface area contributed by atoms with Crippen molar-refractivity contribution in [2.75, 3.05) is 13.1 Å². The third-order valence-electron chi connectivity index (χ3n) is 7.16. The molecule has 0 spiro atoms. The molecule has 2 aliphatic rings. The van der Waals surface area contributed by atoms with E-state index in [4.69, 9.17) is 14.0 Å². The first-order valence-corrected chi connectivity index (χ1v) is 14.6. The molecule has 1 N–H and O–H groups in total. The van der Waals surface area contributed by atoms with Crippen LogP contribution in [-0.4, -0.2) is 83.6 Å². The average Bonchev–Trinajstić information content (AvgIpc) is 3.02. The van der Waals surface area contributed by atoms with Crippen molar-refractivity contribution in [3.8, 4) is 0 Å². The lowest BCUT2D eigenvalue weighted by molar-refractivity contribution is -0.135. The van der Waals surface area contributed by atoms with Gasteiger partial charge in [-0.15, -0.1) is 0 Å². The molecule has 0 bridgehead atoms. The zero-order valence-electron chi connectivity index (χ0n) is 23.9. The molecule has 0 radical (unpaired) electrons. The van der Waals surface area contributed by atoms with Crippen LogP contribution in [0.2, 0.25) is 0 Å². The third kappa shape index (κ3) is 6.66. The second kappa shape index (κ2) is 10.7. The normalized spacial score (nSPS) is 22.3. The minimum absolute atomic E-state index is 0.0112. The van der Waals surface area contributed by atoms with Gasteiger partial charge in [-0.25, -0.2) is 23.2 Å². The van der Waals surface area contributed by atoms with Crippen molar-refractivity contribution in [2.24, 2.45) is 5.92 Å². The van der Waals surface area contributed by atoms with Crippen LogP contribution in [0.4, 0.5) is 4.79 Å². The SMILES string of the molecule is CC(C)C(NC(=O)OC(C)(C)C)C(=O)N1CCCC(S(=O)(=O)c2ncc(B3OC(C)(C)C(C)(C)O3)cn2)C1. The molecule has 212 valence electrons. The Balaban J connectivity index is 1.72. The van der Waals surface area contributed by atoms with Crippen LogP contribution in [0.5, 0.6) is 0 Å². The molecule has 3 heterocycles. The van der Waals surface area contributed by atoms with Crippen LogP contribution in [-0.2, 0) is 28.7 Å². The molecule has 0 aromatic carbocycles. The molecule has 38 heavy (non-hydrogen) atoms. The maximum atomic E-state index is 13.4. The van der Waals surface area contributed by atoms with Gasteiger partial charge in [-0.1, -0.05) is 13.8 Å². The second-order valence-electron chi connectivity index (χ2n) is 12.3. The van der Waals surface area contributed by atoms with Gasteiger partial charge in [0.05, 0.1) is 16.5 Å². The highest BCUT2D eigenvalue weighted by atomic mass is 32.2. The first-order chi connectivity index (χ1) is 17.3. The number of likely N-dealkylation sites (tertiary alicyclic amines) is 1. The predicted octanol–water partition coefficient (Wildman–Crippen LogP) is 2.09. The van der Waals surface area contributed by atoms with Crippen molar-refractivity contribution >= 4 is 34.4 Å². The Bertz CT molecular complexity index is 1120. The highest BCUT2D eigenvalue weighted by Gasteiger charge is 2.52. The summed E-state index contributed by atoms with van der Waals surface area (Å²) in [7, 11) is -4.62. The molecule has 0 saturated carbocycles. The number of hydrogen-bond donors (Lipinski definition) is 1. The number of rotatable bonds is 6. The molecule has 2 aliphatic heterocycles. The topological polar surface area (TPSA) is 137 Å². The molecular formula is C25H41BN4O7S. The number of nitrogens with zero attached hydrogens (tertiary/aromatic N) is 3. The molecular weight excluding hydrogens is 511 g/mol. The number of alkyl carbamates (subject to hydrolysis) is 1. The quantitative estimate of drug-likeness (QED) is 0.415. The van der Waals surface area contributed by atoms with Gasteiger partial charge in [0.15, 0.2) is 0 Å². The summed E-state index contributed by atoms with van der Waals surface area (Å²) in [5, 5.41) is 1.48. The Kier molecular flexibility index (Phi) is 8.55. The number of ether oxygens (including phenoxy) is 1. The summed E-state index contributed by atoms with van der Waals surface area (Å²) in [5.41, 5.74) is -1.29. The highest BCUT2D eigenvalue weighted by molar-refractivity contribution is 7.91. The summed E-state index contributed by atoms with van der Waals surface area (Å²) in [6, 6.07) is -0.846. The van der Waals surface area contributed by atoms with Crippen molar-refractivity contribution in [3.05, 3.63) is 12.4 Å². The van der Waals surface area contributed by atoms with Crippen LogP contribution in [0.1, 0.15) is 75.2 Å². The van der Waals surface area contributed by atoms with Crippen LogP contribution in [0.25, 0.3) is 0 Å². The number of carbonyl (C=O) groups excluding carboxylic acids is 2. The summed E-state index contributed by atoms with van der Waals surface area (Å²) in [6.07, 6.45) is 3.00. The zero-order valence-corrected chi connectivity index (χ0v) is 24.7. The van der Waals surface area contributed by atoms with Gasteiger partial charge in [0.25, 0.3) is 0 Å². The molecule has 1 aromatic rings. The summed E-state index contributed by atoms with van der Waals surface area (Å²) in [6.45, 7) is 16.9. The minimum atomic E-state index is -3.92. The monoisotopic (exact) mass is 552 g/mol. The van der Waals surface area contributed by atoms with Crippen molar-refractivity contribution in [3.63, 3.8) is 0 Å². The molecule has 2 saturated heterocycles. The van der Waals surface area contributed by atoms with E-state index >= 15 is 0 Å². The lowest BCUT2D eigenvalue weighted by Crippen LogP contribution is -2.55. The lowest BCUT2D eigenvalue weighted by Gasteiger charge is -2.35. The highest BCUT2D eigenvalue weighted by Crippen LogP contribution is 2.36. The summed E-state index contributed by atoms with van der Waals surface area (Å²) in [4.78, 5) is 35.4. The van der Waals surface area contributed by atoms with Crippen LogP contribution in [0.3, 0.4) is 0 Å². The molecule has 3 rings (SSSR count). The van der Waals surface area contributed by atoms with Crippen LogP contribution in [0.15, 0.2) is 17.6 Å². The van der Waals surface area contributed by atoms with Gasteiger partial charge in [0.2, 0.25) is 20.9 Å². The van der Waals surface area contributed by atoms with Crippen LogP contribution >= 0.6 is 0 Å². The summed E-state index contributed by atoms with van der Waals surface area (Å²) in [5.74, 6) is -0.569. The number of carbonyl (C=O) groups is 2. The maximum Gasteiger partial charge on any atom is 0.498 e. The zero-order chi connectivity index (χ0) is 28.7. The smallest absolute Gasteiger partial charge is 0.444 e. The molecule has 2 amide bonds. The Hall–Kier alpha value is -2.25. The largest absolute Gasteiger partial charge is 0.498 e. The maximum absolute atomic E-state index is 13.4. The molecule has 2 atom stereocenters. The number of sulfone groups is 1. The molecule has 0 aliphatic carbocycles. The predicted molar refractivity (Wildman–Crippen MR) is 143 cm³/mol. The van der Waals surface area contributed by atoms with Crippen molar-refractivity contribution in [1.82, 2.24) is 20.2 Å². The number of aromatic nitrogens is 2. The van der Waals surface area contributed by atoms with Crippen molar-refractivity contribution in [2.45, 2.75) is 108 Å². The van der Waals surface area contributed by atoms with E-state index in [-0.39, 0.29) is 23.5 Å². The van der Waals surface area contributed by atoms with Gasteiger partial charge in [-0.05, 0) is 67.2 Å². The lowest BCUT2D eigenvalue weighted by atomic mass is 9.81. The Labute approximate surface area is 226 Å². The van der Waals surface area contributed by atoms with Crippen LogP contribution in [0, 0.1) is 5.92 Å². The fraction of sp³-hybridized carbons (Fsp3) is 0.760. The fourth-order valence-corrected chi connectivity index (χ4v) is 5.81. The van der Waals surface area contributed by atoms with Gasteiger partial charge in [-0.3, -0.25) is 4.79 Å². The molecule has 11 nitrogen and oxygen atoms in total. The Morgan fingerprint density at radius 2 is 1.68 bits per heavy atom. The molecule has 2 unspecified atom stereocenters. The number of piperidine rings is 1. The van der Waals surface area contributed by atoms with Crippen LogP contribution < -0.4 is 10.8 Å². The Morgan fingerprint density at radius 3 is 2.18 bits per heavy atom.